The van der Waals surface area contributed by atoms with Crippen molar-refractivity contribution < 1.29 is 13.6 Å². The van der Waals surface area contributed by atoms with E-state index in [9.17, 15) is 13.6 Å². The molecule has 25 heavy (non-hydrogen) atoms. The molecule has 0 radical (unpaired) electrons. The summed E-state index contributed by atoms with van der Waals surface area (Å²) in [5.41, 5.74) is 0.297. The summed E-state index contributed by atoms with van der Waals surface area (Å²) in [7, 11) is 0. The summed E-state index contributed by atoms with van der Waals surface area (Å²) >= 11 is 0. The Labute approximate surface area is 146 Å². The van der Waals surface area contributed by atoms with Crippen LogP contribution in [0.15, 0.2) is 28.4 Å². The molecule has 1 fully saturated rings. The van der Waals surface area contributed by atoms with E-state index in [2.05, 4.69) is 16.1 Å². The van der Waals surface area contributed by atoms with Gasteiger partial charge >= 0.3 is 0 Å². The molecule has 132 valence electrons. The van der Waals surface area contributed by atoms with Crippen molar-refractivity contribution in [2.45, 2.75) is 50.1 Å². The summed E-state index contributed by atoms with van der Waals surface area (Å²) < 4.78 is 26.6. The molecule has 6 heteroatoms. The first kappa shape index (κ1) is 17.5. The lowest BCUT2D eigenvalue weighted by Gasteiger charge is -2.33. The van der Waals surface area contributed by atoms with Crippen molar-refractivity contribution in [1.82, 2.24) is 4.90 Å². The SMILES string of the molecule is C#CCCC1(CCC(=O)N2CCCC(c3ccc(F)c(F)c3)C2)N=N1. The molecule has 1 saturated heterocycles. The van der Waals surface area contributed by atoms with Gasteiger partial charge in [0.25, 0.3) is 0 Å². The molecule has 2 heterocycles. The summed E-state index contributed by atoms with van der Waals surface area (Å²) in [6, 6.07) is 4.00. The van der Waals surface area contributed by atoms with Crippen molar-refractivity contribution in [3.8, 4) is 12.3 Å². The van der Waals surface area contributed by atoms with Crippen molar-refractivity contribution in [2.75, 3.05) is 13.1 Å². The standard InChI is InChI=1S/C19H21F2N3O/c1-2-3-9-19(22-23-19)10-8-18(25)24-11-4-5-15(13-24)14-6-7-16(20)17(21)12-14/h1,6-7,12,15H,3-5,8-11,13H2. The number of terminal acetylenes is 1. The monoisotopic (exact) mass is 345 g/mol. The van der Waals surface area contributed by atoms with E-state index in [1.165, 1.54) is 6.07 Å². The Hall–Kier alpha value is -2.29. The van der Waals surface area contributed by atoms with Gasteiger partial charge in [-0.3, -0.25) is 4.79 Å². The van der Waals surface area contributed by atoms with E-state index in [1.807, 2.05) is 4.90 Å². The summed E-state index contributed by atoms with van der Waals surface area (Å²) in [6.45, 7) is 1.24. The Morgan fingerprint density at radius 1 is 1.32 bits per heavy atom. The number of likely N-dealkylation sites (tertiary alicyclic amines) is 1. The minimum absolute atomic E-state index is 0.0403. The molecule has 3 rings (SSSR count). The lowest BCUT2D eigenvalue weighted by atomic mass is 9.90. The number of hydrogen-bond acceptors (Lipinski definition) is 3. The number of carbonyl (C=O) groups is 1. The minimum Gasteiger partial charge on any atom is -0.342 e. The van der Waals surface area contributed by atoms with Gasteiger partial charge in [-0.2, -0.15) is 10.2 Å². The fraction of sp³-hybridized carbons (Fsp3) is 0.526. The molecule has 0 aromatic heterocycles. The van der Waals surface area contributed by atoms with Crippen LogP contribution in [-0.2, 0) is 4.79 Å². The normalized spacial score (nSPS) is 21.0. The van der Waals surface area contributed by atoms with Crippen LogP contribution in [0.1, 0.15) is 50.0 Å². The van der Waals surface area contributed by atoms with Crippen molar-refractivity contribution in [3.05, 3.63) is 35.4 Å². The predicted octanol–water partition coefficient (Wildman–Crippen LogP) is 4.03. The van der Waals surface area contributed by atoms with Gasteiger partial charge in [0, 0.05) is 44.7 Å². The Balaban J connectivity index is 1.55. The van der Waals surface area contributed by atoms with Gasteiger partial charge in [0.1, 0.15) is 0 Å². The fourth-order valence-electron chi connectivity index (χ4n) is 3.38. The van der Waals surface area contributed by atoms with Crippen LogP contribution in [0, 0.1) is 24.0 Å². The van der Waals surface area contributed by atoms with Crippen LogP contribution < -0.4 is 0 Å². The summed E-state index contributed by atoms with van der Waals surface area (Å²) in [5, 5.41) is 8.10. The first-order valence-electron chi connectivity index (χ1n) is 8.63. The molecule has 2 aliphatic rings. The quantitative estimate of drug-likeness (QED) is 0.718. The topological polar surface area (TPSA) is 45.0 Å². The molecule has 0 N–H and O–H groups in total. The van der Waals surface area contributed by atoms with Crippen LogP contribution in [0.3, 0.4) is 0 Å². The van der Waals surface area contributed by atoms with E-state index in [-0.39, 0.29) is 11.8 Å². The van der Waals surface area contributed by atoms with Gasteiger partial charge in [-0.1, -0.05) is 6.07 Å². The van der Waals surface area contributed by atoms with Crippen LogP contribution in [0.2, 0.25) is 0 Å². The molecule has 1 amide bonds. The number of carbonyl (C=O) groups excluding carboxylic acids is 1. The third-order valence-electron chi connectivity index (χ3n) is 4.98. The molecule has 0 spiro atoms. The molecular weight excluding hydrogens is 324 g/mol. The number of benzene rings is 1. The molecule has 1 aromatic carbocycles. The highest BCUT2D eigenvalue weighted by atomic mass is 19.2. The maximum absolute atomic E-state index is 13.5. The van der Waals surface area contributed by atoms with Gasteiger partial charge in [0.2, 0.25) is 5.91 Å². The number of halogens is 2. The Morgan fingerprint density at radius 2 is 2.12 bits per heavy atom. The number of amides is 1. The van der Waals surface area contributed by atoms with E-state index in [0.29, 0.717) is 38.8 Å². The van der Waals surface area contributed by atoms with Gasteiger partial charge in [-0.05, 0) is 30.5 Å². The first-order valence-corrected chi connectivity index (χ1v) is 8.63. The number of rotatable bonds is 6. The van der Waals surface area contributed by atoms with E-state index in [4.69, 9.17) is 6.42 Å². The second-order valence-corrected chi connectivity index (χ2v) is 6.74. The number of piperidine rings is 1. The molecule has 2 aliphatic heterocycles. The zero-order chi connectivity index (χ0) is 17.9. The average Bonchev–Trinajstić information content (AvgIpc) is 3.41. The van der Waals surface area contributed by atoms with E-state index < -0.39 is 17.3 Å². The molecule has 0 saturated carbocycles. The van der Waals surface area contributed by atoms with Gasteiger partial charge < -0.3 is 4.90 Å². The van der Waals surface area contributed by atoms with E-state index >= 15 is 0 Å². The van der Waals surface area contributed by atoms with Crippen LogP contribution in [-0.4, -0.2) is 29.6 Å². The first-order chi connectivity index (χ1) is 12.0. The maximum atomic E-state index is 13.5. The zero-order valence-electron chi connectivity index (χ0n) is 14.0. The van der Waals surface area contributed by atoms with Crippen molar-refractivity contribution in [2.24, 2.45) is 10.2 Å². The molecule has 0 bridgehead atoms. The maximum Gasteiger partial charge on any atom is 0.222 e. The van der Waals surface area contributed by atoms with Crippen LogP contribution in [0.5, 0.6) is 0 Å². The molecule has 1 atom stereocenters. The van der Waals surface area contributed by atoms with Crippen LogP contribution >= 0.6 is 0 Å². The van der Waals surface area contributed by atoms with Gasteiger partial charge in [-0.25, -0.2) is 8.78 Å². The van der Waals surface area contributed by atoms with E-state index in [0.717, 1.165) is 24.5 Å². The smallest absolute Gasteiger partial charge is 0.222 e. The average molecular weight is 345 g/mol. The third-order valence-corrected chi connectivity index (χ3v) is 4.98. The lowest BCUT2D eigenvalue weighted by molar-refractivity contribution is -0.132. The second kappa shape index (κ2) is 7.30. The molecular formula is C19H21F2N3O. The van der Waals surface area contributed by atoms with Gasteiger partial charge in [0.15, 0.2) is 17.3 Å². The Bertz CT molecular complexity index is 720. The largest absolute Gasteiger partial charge is 0.342 e. The molecule has 1 aromatic rings. The highest BCUT2D eigenvalue weighted by Crippen LogP contribution is 2.38. The van der Waals surface area contributed by atoms with Crippen molar-refractivity contribution in [1.29, 1.82) is 0 Å². The van der Waals surface area contributed by atoms with Crippen LogP contribution in [0.4, 0.5) is 8.78 Å². The van der Waals surface area contributed by atoms with E-state index in [1.54, 1.807) is 6.07 Å². The number of nitrogens with zero attached hydrogens (tertiary/aromatic N) is 3. The third kappa shape index (κ3) is 4.22. The van der Waals surface area contributed by atoms with Crippen LogP contribution in [0.25, 0.3) is 0 Å². The second-order valence-electron chi connectivity index (χ2n) is 6.74. The van der Waals surface area contributed by atoms with Gasteiger partial charge in [0.05, 0.1) is 0 Å². The zero-order valence-corrected chi connectivity index (χ0v) is 14.0. The summed E-state index contributed by atoms with van der Waals surface area (Å²) in [4.78, 5) is 14.3. The summed E-state index contributed by atoms with van der Waals surface area (Å²) in [5.74, 6) is 0.990. The van der Waals surface area contributed by atoms with Gasteiger partial charge in [-0.15, -0.1) is 12.3 Å². The fourth-order valence-corrected chi connectivity index (χ4v) is 3.38. The highest BCUT2D eigenvalue weighted by Gasteiger charge is 2.39. The Kier molecular flexibility index (Phi) is 5.12. The van der Waals surface area contributed by atoms with Crippen molar-refractivity contribution in [3.63, 3.8) is 0 Å². The molecule has 1 unspecified atom stereocenters. The summed E-state index contributed by atoms with van der Waals surface area (Å²) in [6.07, 6.45) is 9.24. The highest BCUT2D eigenvalue weighted by molar-refractivity contribution is 5.76. The molecule has 0 aliphatic carbocycles. The van der Waals surface area contributed by atoms with Crippen molar-refractivity contribution >= 4 is 5.91 Å². The minimum atomic E-state index is -0.846. The Morgan fingerprint density at radius 3 is 2.80 bits per heavy atom. The molecule has 4 nitrogen and oxygen atoms in total. The predicted molar refractivity (Wildman–Crippen MR) is 89.8 cm³/mol. The number of hydrogen-bond donors (Lipinski definition) is 0. The lowest BCUT2D eigenvalue weighted by Crippen LogP contribution is -2.39.